The number of hydrazine groups is 1. The number of amides is 1. The number of rotatable bonds is 6. The van der Waals surface area contributed by atoms with Gasteiger partial charge in [-0.3, -0.25) is 15.6 Å². The molecule has 0 aliphatic carbocycles. The second-order valence-electron chi connectivity index (χ2n) is 4.76. The Morgan fingerprint density at radius 1 is 1.00 bits per heavy atom. The highest BCUT2D eigenvalue weighted by Gasteiger charge is 2.03. The van der Waals surface area contributed by atoms with E-state index in [4.69, 9.17) is 5.73 Å². The monoisotopic (exact) mass is 281 g/mol. The van der Waals surface area contributed by atoms with Crippen LogP contribution >= 0.6 is 0 Å². The van der Waals surface area contributed by atoms with Crippen LogP contribution in [0.2, 0.25) is 0 Å². The van der Waals surface area contributed by atoms with E-state index in [1.165, 1.54) is 0 Å². The Balaban J connectivity index is 1.76. The molecule has 0 fully saturated rings. The number of carbonyl (C=O) groups excluding carboxylic acids is 1. The highest BCUT2D eigenvalue weighted by atomic mass is 16.2. The van der Waals surface area contributed by atoms with Crippen molar-refractivity contribution in [2.45, 2.75) is 12.8 Å². The Bertz CT molecular complexity index is 606. The van der Waals surface area contributed by atoms with E-state index >= 15 is 0 Å². The molecule has 108 valence electrons. The van der Waals surface area contributed by atoms with Crippen molar-refractivity contribution in [3.8, 4) is 0 Å². The fraction of sp³-hybridized carbons (Fsp3) is 0.118. The van der Waals surface area contributed by atoms with Gasteiger partial charge in [-0.1, -0.05) is 49.0 Å². The first-order valence-corrected chi connectivity index (χ1v) is 6.79. The molecule has 4 heteroatoms. The van der Waals surface area contributed by atoms with Gasteiger partial charge in [0.1, 0.15) is 0 Å². The number of hydrogen-bond donors (Lipinski definition) is 3. The molecule has 0 aliphatic rings. The van der Waals surface area contributed by atoms with Crippen molar-refractivity contribution in [1.29, 1.82) is 0 Å². The molecule has 0 atom stereocenters. The summed E-state index contributed by atoms with van der Waals surface area (Å²) in [6.07, 6.45) is 1.13. The van der Waals surface area contributed by atoms with E-state index in [-0.39, 0.29) is 5.91 Å². The van der Waals surface area contributed by atoms with Crippen molar-refractivity contribution in [1.82, 2.24) is 10.9 Å². The number of nitrogen functional groups attached to an aromatic ring is 1. The molecule has 1 amide bonds. The van der Waals surface area contributed by atoms with Crippen molar-refractivity contribution in [3.63, 3.8) is 0 Å². The second-order valence-corrected chi connectivity index (χ2v) is 4.76. The minimum absolute atomic E-state index is 0.0737. The summed E-state index contributed by atoms with van der Waals surface area (Å²) in [7, 11) is 0. The largest absolute Gasteiger partial charge is 0.399 e. The van der Waals surface area contributed by atoms with E-state index in [1.807, 2.05) is 42.5 Å². The van der Waals surface area contributed by atoms with E-state index in [0.29, 0.717) is 24.2 Å². The van der Waals surface area contributed by atoms with Crippen LogP contribution in [0.25, 0.3) is 5.70 Å². The van der Waals surface area contributed by atoms with Crippen molar-refractivity contribution >= 4 is 17.3 Å². The van der Waals surface area contributed by atoms with Crippen LogP contribution in [0.5, 0.6) is 0 Å². The zero-order chi connectivity index (χ0) is 15.1. The molecule has 0 spiro atoms. The van der Waals surface area contributed by atoms with Gasteiger partial charge < -0.3 is 5.73 Å². The van der Waals surface area contributed by atoms with E-state index in [2.05, 4.69) is 17.4 Å². The van der Waals surface area contributed by atoms with Crippen LogP contribution in [-0.2, 0) is 11.2 Å². The molecule has 21 heavy (non-hydrogen) atoms. The summed E-state index contributed by atoms with van der Waals surface area (Å²) < 4.78 is 0. The summed E-state index contributed by atoms with van der Waals surface area (Å²) in [5.41, 5.74) is 14.4. The van der Waals surface area contributed by atoms with E-state index in [0.717, 1.165) is 11.1 Å². The summed E-state index contributed by atoms with van der Waals surface area (Å²) in [6, 6.07) is 17.2. The summed E-state index contributed by atoms with van der Waals surface area (Å²) in [5.74, 6) is -0.0737. The van der Waals surface area contributed by atoms with Crippen LogP contribution in [0.4, 0.5) is 5.69 Å². The third-order valence-corrected chi connectivity index (χ3v) is 3.10. The molecule has 0 aliphatic heterocycles. The maximum Gasteiger partial charge on any atom is 0.238 e. The number of nitrogens with one attached hydrogen (secondary N) is 2. The molecule has 0 radical (unpaired) electrons. The molecule has 0 heterocycles. The highest BCUT2D eigenvalue weighted by Crippen LogP contribution is 2.11. The average molecular weight is 281 g/mol. The first-order valence-electron chi connectivity index (χ1n) is 6.79. The van der Waals surface area contributed by atoms with E-state index in [1.54, 1.807) is 12.1 Å². The molecule has 4 nitrogen and oxygen atoms in total. The Kier molecular flexibility index (Phi) is 4.99. The molecule has 0 bridgehead atoms. The molecule has 2 rings (SSSR count). The average Bonchev–Trinajstić information content (AvgIpc) is 2.52. The molecule has 0 saturated heterocycles. The van der Waals surface area contributed by atoms with Crippen LogP contribution in [-0.4, -0.2) is 5.91 Å². The van der Waals surface area contributed by atoms with E-state index < -0.39 is 0 Å². The lowest BCUT2D eigenvalue weighted by molar-refractivity contribution is -0.121. The second kappa shape index (κ2) is 7.14. The third-order valence-electron chi connectivity index (χ3n) is 3.10. The molecule has 2 aromatic carbocycles. The van der Waals surface area contributed by atoms with Crippen LogP contribution < -0.4 is 16.6 Å². The number of benzene rings is 2. The van der Waals surface area contributed by atoms with Crippen LogP contribution in [0.3, 0.4) is 0 Å². The van der Waals surface area contributed by atoms with Gasteiger partial charge in [0.15, 0.2) is 0 Å². The van der Waals surface area contributed by atoms with Gasteiger partial charge >= 0.3 is 0 Å². The Labute approximate surface area is 124 Å². The smallest absolute Gasteiger partial charge is 0.238 e. The van der Waals surface area contributed by atoms with Gasteiger partial charge in [0, 0.05) is 12.1 Å². The molecule has 0 saturated carbocycles. The van der Waals surface area contributed by atoms with Gasteiger partial charge in [0.05, 0.1) is 5.70 Å². The molecular formula is C17H19N3O. The standard InChI is InChI=1S/C17H19N3O/c1-13(15-8-10-16(18)11-9-15)19-20-17(21)12-7-14-5-3-2-4-6-14/h2-6,8-11,19H,1,7,12,18H2,(H,20,21). The summed E-state index contributed by atoms with van der Waals surface area (Å²) in [6.45, 7) is 3.88. The maximum absolute atomic E-state index is 11.8. The normalized spacial score (nSPS) is 9.90. The lowest BCUT2D eigenvalue weighted by Gasteiger charge is -2.11. The van der Waals surface area contributed by atoms with Crippen LogP contribution in [0.1, 0.15) is 17.5 Å². The molecule has 4 N–H and O–H groups in total. The number of nitrogens with two attached hydrogens (primary N) is 1. The molecule has 0 aromatic heterocycles. The van der Waals surface area contributed by atoms with Gasteiger partial charge in [0.25, 0.3) is 0 Å². The van der Waals surface area contributed by atoms with Gasteiger partial charge in [-0.05, 0) is 29.7 Å². The summed E-state index contributed by atoms with van der Waals surface area (Å²) in [4.78, 5) is 11.8. The predicted octanol–water partition coefficient (Wildman–Crippen LogP) is 2.49. The number of carbonyl (C=O) groups is 1. The van der Waals surface area contributed by atoms with Gasteiger partial charge in [-0.2, -0.15) is 0 Å². The fourth-order valence-corrected chi connectivity index (χ4v) is 1.87. The quantitative estimate of drug-likeness (QED) is 0.563. The first-order chi connectivity index (χ1) is 10.1. The Morgan fingerprint density at radius 3 is 2.33 bits per heavy atom. The first kappa shape index (κ1) is 14.7. The van der Waals surface area contributed by atoms with Crippen LogP contribution in [0, 0.1) is 0 Å². The maximum atomic E-state index is 11.8. The summed E-state index contributed by atoms with van der Waals surface area (Å²) >= 11 is 0. The SMILES string of the molecule is C=C(NNC(=O)CCc1ccccc1)c1ccc(N)cc1. The molecular weight excluding hydrogens is 262 g/mol. The van der Waals surface area contributed by atoms with Crippen LogP contribution in [0.15, 0.2) is 61.2 Å². The minimum Gasteiger partial charge on any atom is -0.399 e. The number of hydrogen-bond acceptors (Lipinski definition) is 3. The van der Waals surface area contributed by atoms with Gasteiger partial charge in [0.2, 0.25) is 5.91 Å². The van der Waals surface area contributed by atoms with Crippen molar-refractivity contribution in [2.75, 3.05) is 5.73 Å². The predicted molar refractivity (Wildman–Crippen MR) is 85.9 cm³/mol. The number of anilines is 1. The zero-order valence-corrected chi connectivity index (χ0v) is 11.8. The minimum atomic E-state index is -0.0737. The van der Waals surface area contributed by atoms with E-state index in [9.17, 15) is 4.79 Å². The topological polar surface area (TPSA) is 67.1 Å². The Morgan fingerprint density at radius 2 is 1.67 bits per heavy atom. The van der Waals surface area contributed by atoms with Crippen molar-refractivity contribution in [3.05, 3.63) is 72.3 Å². The van der Waals surface area contributed by atoms with Gasteiger partial charge in [-0.25, -0.2) is 0 Å². The molecule has 0 unspecified atom stereocenters. The summed E-state index contributed by atoms with van der Waals surface area (Å²) in [5, 5.41) is 0. The third kappa shape index (κ3) is 4.69. The zero-order valence-electron chi connectivity index (χ0n) is 11.8. The lowest BCUT2D eigenvalue weighted by Crippen LogP contribution is -2.35. The van der Waals surface area contributed by atoms with Crippen molar-refractivity contribution < 1.29 is 4.79 Å². The Hall–Kier alpha value is -2.75. The fourth-order valence-electron chi connectivity index (χ4n) is 1.87. The number of aryl methyl sites for hydroxylation is 1. The lowest BCUT2D eigenvalue weighted by atomic mass is 10.1. The van der Waals surface area contributed by atoms with Crippen molar-refractivity contribution in [2.24, 2.45) is 0 Å². The highest BCUT2D eigenvalue weighted by molar-refractivity contribution is 5.77. The van der Waals surface area contributed by atoms with Gasteiger partial charge in [-0.15, -0.1) is 0 Å². The molecule has 2 aromatic rings.